The van der Waals surface area contributed by atoms with E-state index in [0.29, 0.717) is 26.4 Å². The lowest BCUT2D eigenvalue weighted by Crippen LogP contribution is -2.11. The number of aliphatic imine (C=N–C) groups is 1. The number of ether oxygens (including phenoxy) is 3. The molecule has 0 N–H and O–H groups in total. The fraction of sp³-hybridized carbons (Fsp3) is 0.318. The van der Waals surface area contributed by atoms with Crippen LogP contribution >= 0.6 is 0 Å². The molecule has 0 atom stereocenters. The average molecular weight is 353 g/mol. The number of hydrogen-bond donors (Lipinski definition) is 0. The van der Waals surface area contributed by atoms with Crippen molar-refractivity contribution in [3.05, 3.63) is 59.7 Å². The molecular formula is C22H27NO3. The SMILES string of the molecule is C=Nc1ccc(/C=C/c2ccc(OCCOCCOCCC)cc2)cc1. The Labute approximate surface area is 156 Å². The van der Waals surface area contributed by atoms with Crippen molar-refractivity contribution < 1.29 is 14.2 Å². The molecule has 2 rings (SSSR count). The molecule has 0 radical (unpaired) electrons. The molecule has 0 aliphatic heterocycles. The molecule has 4 nitrogen and oxygen atoms in total. The maximum Gasteiger partial charge on any atom is 0.119 e. The van der Waals surface area contributed by atoms with Gasteiger partial charge in [0.1, 0.15) is 12.4 Å². The van der Waals surface area contributed by atoms with Gasteiger partial charge in [-0.05, 0) is 48.5 Å². The Balaban J connectivity index is 1.68. The summed E-state index contributed by atoms with van der Waals surface area (Å²) >= 11 is 0. The molecule has 0 fully saturated rings. The van der Waals surface area contributed by atoms with E-state index in [9.17, 15) is 0 Å². The molecule has 138 valence electrons. The highest BCUT2D eigenvalue weighted by Gasteiger charge is 1.95. The highest BCUT2D eigenvalue weighted by molar-refractivity contribution is 5.70. The van der Waals surface area contributed by atoms with Gasteiger partial charge in [0.25, 0.3) is 0 Å². The van der Waals surface area contributed by atoms with Crippen molar-refractivity contribution in [1.82, 2.24) is 0 Å². The molecule has 0 aliphatic rings. The first kappa shape index (κ1) is 19.9. The molecule has 0 saturated carbocycles. The second-order valence-electron chi connectivity index (χ2n) is 5.73. The van der Waals surface area contributed by atoms with E-state index in [0.717, 1.165) is 35.6 Å². The summed E-state index contributed by atoms with van der Waals surface area (Å²) in [5.41, 5.74) is 3.12. The van der Waals surface area contributed by atoms with Crippen molar-refractivity contribution in [3.8, 4) is 5.75 Å². The quantitative estimate of drug-likeness (QED) is 0.306. The van der Waals surface area contributed by atoms with Crippen molar-refractivity contribution in [2.45, 2.75) is 13.3 Å². The van der Waals surface area contributed by atoms with Gasteiger partial charge in [-0.1, -0.05) is 43.3 Å². The standard InChI is InChI=1S/C22H27NO3/c1-3-14-24-15-16-25-17-18-26-22-12-8-20(9-13-22)5-4-19-6-10-21(23-2)11-7-19/h4-13H,2-3,14-18H2,1H3/b5-4+. The van der Waals surface area contributed by atoms with Gasteiger partial charge in [-0.2, -0.15) is 0 Å². The summed E-state index contributed by atoms with van der Waals surface area (Å²) < 4.78 is 16.5. The van der Waals surface area contributed by atoms with E-state index < -0.39 is 0 Å². The normalized spacial score (nSPS) is 11.0. The van der Waals surface area contributed by atoms with Crippen LogP contribution < -0.4 is 4.74 Å². The van der Waals surface area contributed by atoms with E-state index in [2.05, 4.69) is 30.8 Å². The highest BCUT2D eigenvalue weighted by atomic mass is 16.5. The Morgan fingerprint density at radius 2 is 1.31 bits per heavy atom. The Bertz CT molecular complexity index is 663. The van der Waals surface area contributed by atoms with Crippen LogP contribution in [0.25, 0.3) is 12.2 Å². The smallest absolute Gasteiger partial charge is 0.119 e. The molecule has 0 saturated heterocycles. The first-order chi connectivity index (χ1) is 12.8. The second-order valence-corrected chi connectivity index (χ2v) is 5.73. The maximum absolute atomic E-state index is 5.67. The van der Waals surface area contributed by atoms with Crippen LogP contribution in [-0.4, -0.2) is 39.8 Å². The van der Waals surface area contributed by atoms with Gasteiger partial charge < -0.3 is 14.2 Å². The molecule has 0 heterocycles. The fourth-order valence-corrected chi connectivity index (χ4v) is 2.24. The van der Waals surface area contributed by atoms with Gasteiger partial charge in [0.15, 0.2) is 0 Å². The summed E-state index contributed by atoms with van der Waals surface area (Å²) in [4.78, 5) is 3.89. The molecular weight excluding hydrogens is 326 g/mol. The van der Waals surface area contributed by atoms with Crippen molar-refractivity contribution in [3.63, 3.8) is 0 Å². The van der Waals surface area contributed by atoms with Gasteiger partial charge in [0, 0.05) is 6.61 Å². The molecule has 0 amide bonds. The molecule has 26 heavy (non-hydrogen) atoms. The Morgan fingerprint density at radius 3 is 1.88 bits per heavy atom. The van der Waals surface area contributed by atoms with Crippen LogP contribution in [-0.2, 0) is 9.47 Å². The summed E-state index contributed by atoms with van der Waals surface area (Å²) in [6.45, 7) is 8.74. The molecule has 0 spiro atoms. The summed E-state index contributed by atoms with van der Waals surface area (Å²) in [6.07, 6.45) is 5.17. The predicted octanol–water partition coefficient (Wildman–Crippen LogP) is 5.01. The summed E-state index contributed by atoms with van der Waals surface area (Å²) in [6, 6.07) is 15.9. The predicted molar refractivity (Wildman–Crippen MR) is 108 cm³/mol. The third-order valence-electron chi connectivity index (χ3n) is 3.64. The maximum atomic E-state index is 5.67. The van der Waals surface area contributed by atoms with Crippen LogP contribution in [0.3, 0.4) is 0 Å². The third-order valence-corrected chi connectivity index (χ3v) is 3.64. The van der Waals surface area contributed by atoms with Gasteiger partial charge in [0.05, 0.1) is 25.5 Å². The van der Waals surface area contributed by atoms with Crippen molar-refractivity contribution in [2.24, 2.45) is 4.99 Å². The summed E-state index contributed by atoms with van der Waals surface area (Å²) in [7, 11) is 0. The largest absolute Gasteiger partial charge is 0.491 e. The van der Waals surface area contributed by atoms with E-state index in [-0.39, 0.29) is 0 Å². The van der Waals surface area contributed by atoms with E-state index in [1.54, 1.807) is 0 Å². The molecule has 0 aromatic heterocycles. The van der Waals surface area contributed by atoms with E-state index in [4.69, 9.17) is 14.2 Å². The van der Waals surface area contributed by atoms with E-state index >= 15 is 0 Å². The Kier molecular flexibility index (Phi) is 9.19. The van der Waals surface area contributed by atoms with Crippen LogP contribution in [0.5, 0.6) is 5.75 Å². The summed E-state index contributed by atoms with van der Waals surface area (Å²) in [5, 5.41) is 0. The lowest BCUT2D eigenvalue weighted by atomic mass is 10.1. The first-order valence-corrected chi connectivity index (χ1v) is 8.95. The zero-order chi connectivity index (χ0) is 18.5. The van der Waals surface area contributed by atoms with Crippen molar-refractivity contribution in [2.75, 3.05) is 33.0 Å². The van der Waals surface area contributed by atoms with Crippen LogP contribution in [0.1, 0.15) is 24.5 Å². The van der Waals surface area contributed by atoms with E-state index in [1.165, 1.54) is 0 Å². The third kappa shape index (κ3) is 7.64. The van der Waals surface area contributed by atoms with Crippen molar-refractivity contribution >= 4 is 24.6 Å². The zero-order valence-corrected chi connectivity index (χ0v) is 15.4. The Morgan fingerprint density at radius 1 is 0.769 bits per heavy atom. The molecule has 4 heteroatoms. The van der Waals surface area contributed by atoms with Crippen LogP contribution in [0.15, 0.2) is 53.5 Å². The van der Waals surface area contributed by atoms with Gasteiger partial charge in [-0.15, -0.1) is 0 Å². The number of hydrogen-bond acceptors (Lipinski definition) is 4. The first-order valence-electron chi connectivity index (χ1n) is 8.95. The van der Waals surface area contributed by atoms with Gasteiger partial charge >= 0.3 is 0 Å². The highest BCUT2D eigenvalue weighted by Crippen LogP contribution is 2.16. The number of benzene rings is 2. The number of nitrogens with zero attached hydrogens (tertiary/aromatic N) is 1. The van der Waals surface area contributed by atoms with Crippen LogP contribution in [0.2, 0.25) is 0 Å². The van der Waals surface area contributed by atoms with Gasteiger partial charge in [-0.3, -0.25) is 4.99 Å². The summed E-state index contributed by atoms with van der Waals surface area (Å²) in [5.74, 6) is 0.842. The topological polar surface area (TPSA) is 40.0 Å². The van der Waals surface area contributed by atoms with E-state index in [1.807, 2.05) is 48.5 Å². The minimum atomic E-state index is 0.534. The van der Waals surface area contributed by atoms with Gasteiger partial charge in [-0.25, -0.2) is 0 Å². The van der Waals surface area contributed by atoms with Gasteiger partial charge in [0.2, 0.25) is 0 Å². The molecule has 0 aliphatic carbocycles. The minimum absolute atomic E-state index is 0.534. The molecule has 2 aromatic rings. The van der Waals surface area contributed by atoms with Crippen LogP contribution in [0, 0.1) is 0 Å². The fourth-order valence-electron chi connectivity index (χ4n) is 2.24. The second kappa shape index (κ2) is 12.0. The lowest BCUT2D eigenvalue weighted by Gasteiger charge is -2.07. The monoisotopic (exact) mass is 353 g/mol. The Hall–Kier alpha value is -2.43. The minimum Gasteiger partial charge on any atom is -0.491 e. The molecule has 0 bridgehead atoms. The van der Waals surface area contributed by atoms with Crippen LogP contribution in [0.4, 0.5) is 5.69 Å². The number of rotatable bonds is 12. The average Bonchev–Trinajstić information content (AvgIpc) is 2.69. The molecule has 0 unspecified atom stereocenters. The molecule has 2 aromatic carbocycles. The lowest BCUT2D eigenvalue weighted by molar-refractivity contribution is 0.0366. The van der Waals surface area contributed by atoms with Crippen molar-refractivity contribution in [1.29, 1.82) is 0 Å². The zero-order valence-electron chi connectivity index (χ0n) is 15.4.